The molecule has 21 heavy (non-hydrogen) atoms. The molecule has 0 radical (unpaired) electrons. The van der Waals surface area contributed by atoms with Gasteiger partial charge in [-0.05, 0) is 43.4 Å². The molecule has 1 heterocycles. The zero-order valence-electron chi connectivity index (χ0n) is 12.6. The van der Waals surface area contributed by atoms with Crippen molar-refractivity contribution in [3.63, 3.8) is 0 Å². The van der Waals surface area contributed by atoms with Crippen molar-refractivity contribution in [3.05, 3.63) is 39.7 Å². The number of hydrogen-bond acceptors (Lipinski definition) is 3. The van der Waals surface area contributed by atoms with E-state index in [1.54, 1.807) is 0 Å². The quantitative estimate of drug-likeness (QED) is 0.589. The average Bonchev–Trinajstić information content (AvgIpc) is 2.97. The summed E-state index contributed by atoms with van der Waals surface area (Å²) in [4.78, 5) is 12.0. The molecule has 0 bridgehead atoms. The Balaban J connectivity index is 1.78. The van der Waals surface area contributed by atoms with Crippen LogP contribution >= 0.6 is 0 Å². The third-order valence-electron chi connectivity index (χ3n) is 4.21. The highest BCUT2D eigenvalue weighted by Gasteiger charge is 2.19. The Morgan fingerprint density at radius 3 is 2.86 bits per heavy atom. The third kappa shape index (κ3) is 2.97. The molecule has 3 heteroatoms. The van der Waals surface area contributed by atoms with Crippen LogP contribution in [0.4, 0.5) is 0 Å². The highest BCUT2D eigenvalue weighted by Crippen LogP contribution is 2.29. The lowest BCUT2D eigenvalue weighted by atomic mass is 10.1. The number of ether oxygens (including phenoxy) is 1. The minimum atomic E-state index is -0.171. The lowest BCUT2D eigenvalue weighted by molar-refractivity contribution is 0.305. The van der Waals surface area contributed by atoms with E-state index in [2.05, 4.69) is 6.92 Å². The molecule has 0 amide bonds. The third-order valence-corrected chi connectivity index (χ3v) is 4.21. The minimum Gasteiger partial charge on any atom is -0.493 e. The maximum atomic E-state index is 12.0. The second-order valence-electron chi connectivity index (χ2n) is 5.77. The lowest BCUT2D eigenvalue weighted by Gasteiger charge is -2.08. The Labute approximate surface area is 124 Å². The van der Waals surface area contributed by atoms with Gasteiger partial charge in [0.05, 0.1) is 6.61 Å². The molecule has 0 atom stereocenters. The second kappa shape index (κ2) is 6.33. The SMILES string of the molecule is CCCCCCOc1ccc2c3c(c(=O)oc2c1)CCC3. The molecule has 0 fully saturated rings. The van der Waals surface area contributed by atoms with Crippen LogP contribution in [0.3, 0.4) is 0 Å². The van der Waals surface area contributed by atoms with Crippen molar-refractivity contribution in [2.75, 3.05) is 6.61 Å². The van der Waals surface area contributed by atoms with Gasteiger partial charge in [-0.2, -0.15) is 0 Å². The van der Waals surface area contributed by atoms with E-state index in [1.807, 2.05) is 18.2 Å². The normalized spacial score (nSPS) is 13.6. The Morgan fingerprint density at radius 2 is 2.00 bits per heavy atom. The summed E-state index contributed by atoms with van der Waals surface area (Å²) >= 11 is 0. The van der Waals surface area contributed by atoms with Gasteiger partial charge >= 0.3 is 5.63 Å². The largest absolute Gasteiger partial charge is 0.493 e. The molecule has 0 spiro atoms. The van der Waals surface area contributed by atoms with Crippen molar-refractivity contribution < 1.29 is 9.15 Å². The Kier molecular flexibility index (Phi) is 4.28. The first kappa shape index (κ1) is 14.2. The standard InChI is InChI=1S/C18H22O3/c1-2-3-4-5-11-20-13-9-10-15-14-7-6-8-16(14)18(19)21-17(15)12-13/h9-10,12H,2-8,11H2,1H3. The predicted octanol–water partition coefficient (Wildman–Crippen LogP) is 4.24. The number of unbranched alkanes of at least 4 members (excludes halogenated alkanes) is 3. The zero-order chi connectivity index (χ0) is 14.7. The first-order chi connectivity index (χ1) is 10.3. The van der Waals surface area contributed by atoms with Crippen molar-refractivity contribution in [1.29, 1.82) is 0 Å². The van der Waals surface area contributed by atoms with Crippen LogP contribution in [0, 0.1) is 0 Å². The topological polar surface area (TPSA) is 39.4 Å². The summed E-state index contributed by atoms with van der Waals surface area (Å²) in [5.41, 5.74) is 2.54. The second-order valence-corrected chi connectivity index (χ2v) is 5.77. The summed E-state index contributed by atoms with van der Waals surface area (Å²) in [5.74, 6) is 0.792. The molecule has 0 saturated heterocycles. The Bertz CT molecular complexity index is 685. The van der Waals surface area contributed by atoms with E-state index in [4.69, 9.17) is 9.15 Å². The number of aryl methyl sites for hydroxylation is 1. The summed E-state index contributed by atoms with van der Waals surface area (Å²) in [6, 6.07) is 5.87. The van der Waals surface area contributed by atoms with Crippen molar-refractivity contribution in [2.45, 2.75) is 51.9 Å². The van der Waals surface area contributed by atoms with Crippen molar-refractivity contribution in [1.82, 2.24) is 0 Å². The summed E-state index contributed by atoms with van der Waals surface area (Å²) in [5, 5.41) is 1.07. The number of fused-ring (bicyclic) bond motifs is 3. The van der Waals surface area contributed by atoms with Crippen molar-refractivity contribution in [2.24, 2.45) is 0 Å². The number of benzene rings is 1. The molecule has 3 nitrogen and oxygen atoms in total. The van der Waals surface area contributed by atoms with Gasteiger partial charge < -0.3 is 9.15 Å². The molecule has 3 rings (SSSR count). The van der Waals surface area contributed by atoms with E-state index in [1.165, 1.54) is 24.8 Å². The highest BCUT2D eigenvalue weighted by atomic mass is 16.5. The van der Waals surface area contributed by atoms with Gasteiger partial charge in [-0.15, -0.1) is 0 Å². The van der Waals surface area contributed by atoms with Crippen LogP contribution in [-0.4, -0.2) is 6.61 Å². The van der Waals surface area contributed by atoms with Gasteiger partial charge in [0, 0.05) is 17.0 Å². The van der Waals surface area contributed by atoms with Crippen molar-refractivity contribution >= 4 is 11.0 Å². The molecule has 1 aromatic carbocycles. The van der Waals surface area contributed by atoms with Gasteiger partial charge in [0.25, 0.3) is 0 Å². The molecular weight excluding hydrogens is 264 g/mol. The van der Waals surface area contributed by atoms with Crippen LogP contribution < -0.4 is 10.4 Å². The van der Waals surface area contributed by atoms with E-state index >= 15 is 0 Å². The van der Waals surface area contributed by atoms with Crippen LogP contribution in [0.1, 0.15) is 50.2 Å². The van der Waals surface area contributed by atoms with Gasteiger partial charge in [0.1, 0.15) is 11.3 Å². The van der Waals surface area contributed by atoms with Gasteiger partial charge in [0.15, 0.2) is 0 Å². The average molecular weight is 286 g/mol. The summed E-state index contributed by atoms with van der Waals surface area (Å²) in [6.07, 6.45) is 7.63. The van der Waals surface area contributed by atoms with Gasteiger partial charge in [-0.1, -0.05) is 26.2 Å². The summed E-state index contributed by atoms with van der Waals surface area (Å²) < 4.78 is 11.2. The monoisotopic (exact) mass is 286 g/mol. The predicted molar refractivity (Wildman–Crippen MR) is 84.1 cm³/mol. The van der Waals surface area contributed by atoms with E-state index in [0.29, 0.717) is 5.58 Å². The number of rotatable bonds is 6. The van der Waals surface area contributed by atoms with Crippen LogP contribution in [-0.2, 0) is 12.8 Å². The van der Waals surface area contributed by atoms with E-state index in [9.17, 15) is 4.79 Å². The number of hydrogen-bond donors (Lipinski definition) is 0. The molecule has 2 aromatic rings. The van der Waals surface area contributed by atoms with Crippen molar-refractivity contribution in [3.8, 4) is 5.75 Å². The summed E-state index contributed by atoms with van der Waals surface area (Å²) in [6.45, 7) is 2.92. The van der Waals surface area contributed by atoms with Gasteiger partial charge in [-0.3, -0.25) is 0 Å². The molecule has 1 aliphatic rings. The molecular formula is C18H22O3. The molecule has 0 aliphatic heterocycles. The Morgan fingerprint density at radius 1 is 1.14 bits per heavy atom. The van der Waals surface area contributed by atoms with E-state index < -0.39 is 0 Å². The maximum absolute atomic E-state index is 12.0. The maximum Gasteiger partial charge on any atom is 0.339 e. The highest BCUT2D eigenvalue weighted by molar-refractivity contribution is 5.83. The molecule has 0 unspecified atom stereocenters. The first-order valence-corrected chi connectivity index (χ1v) is 8.01. The van der Waals surface area contributed by atoms with Crippen LogP contribution in [0.5, 0.6) is 5.75 Å². The fourth-order valence-corrected chi connectivity index (χ4v) is 3.07. The molecule has 1 aliphatic carbocycles. The molecule has 0 saturated carbocycles. The fraction of sp³-hybridized carbons (Fsp3) is 0.500. The first-order valence-electron chi connectivity index (χ1n) is 8.01. The Hall–Kier alpha value is -1.77. The fourth-order valence-electron chi connectivity index (χ4n) is 3.07. The van der Waals surface area contributed by atoms with E-state index in [-0.39, 0.29) is 5.63 Å². The smallest absolute Gasteiger partial charge is 0.339 e. The van der Waals surface area contributed by atoms with Gasteiger partial charge in [-0.25, -0.2) is 4.79 Å². The minimum absolute atomic E-state index is 0.171. The molecule has 1 aromatic heterocycles. The summed E-state index contributed by atoms with van der Waals surface area (Å²) in [7, 11) is 0. The van der Waals surface area contributed by atoms with Crippen LogP contribution in [0.15, 0.2) is 27.4 Å². The van der Waals surface area contributed by atoms with Crippen LogP contribution in [0.25, 0.3) is 11.0 Å². The molecule has 0 N–H and O–H groups in total. The van der Waals surface area contributed by atoms with Crippen LogP contribution in [0.2, 0.25) is 0 Å². The lowest BCUT2D eigenvalue weighted by Crippen LogP contribution is -2.07. The van der Waals surface area contributed by atoms with E-state index in [0.717, 1.165) is 49.0 Å². The van der Waals surface area contributed by atoms with Gasteiger partial charge in [0.2, 0.25) is 0 Å². The molecule has 112 valence electrons. The zero-order valence-corrected chi connectivity index (χ0v) is 12.6.